The van der Waals surface area contributed by atoms with Crippen LogP contribution in [0.25, 0.3) is 0 Å². The predicted octanol–water partition coefficient (Wildman–Crippen LogP) is 2.41. The molecule has 86 valence electrons. The van der Waals surface area contributed by atoms with Crippen LogP contribution in [0.3, 0.4) is 0 Å². The van der Waals surface area contributed by atoms with E-state index in [-0.39, 0.29) is 5.54 Å². The molecule has 1 rings (SSSR count). The standard InChI is InChI=1S/C12H23N3/c1-5-7-8-10(6-2)11-13-9-12(3,4)15-14-11/h8,15H,5-7,9H2,1-4H3,(H,13,14)/b10-8-. The highest BCUT2D eigenvalue weighted by Gasteiger charge is 2.22. The Morgan fingerprint density at radius 1 is 1.47 bits per heavy atom. The van der Waals surface area contributed by atoms with Crippen molar-refractivity contribution in [2.75, 3.05) is 6.54 Å². The number of rotatable bonds is 4. The maximum absolute atomic E-state index is 4.58. The third kappa shape index (κ3) is 3.67. The van der Waals surface area contributed by atoms with Crippen LogP contribution in [0.15, 0.2) is 16.6 Å². The number of hydrogen-bond acceptors (Lipinski definition) is 3. The van der Waals surface area contributed by atoms with Gasteiger partial charge in [-0.1, -0.05) is 26.3 Å². The Balaban J connectivity index is 2.67. The predicted molar refractivity (Wildman–Crippen MR) is 65.9 cm³/mol. The number of hydrogen-bond donors (Lipinski definition) is 2. The van der Waals surface area contributed by atoms with E-state index >= 15 is 0 Å². The zero-order valence-electron chi connectivity index (χ0n) is 10.4. The van der Waals surface area contributed by atoms with Gasteiger partial charge in [0.2, 0.25) is 0 Å². The molecule has 0 radical (unpaired) electrons. The molecule has 0 atom stereocenters. The molecule has 1 aliphatic heterocycles. The van der Waals surface area contributed by atoms with Crippen LogP contribution in [-0.4, -0.2) is 17.9 Å². The summed E-state index contributed by atoms with van der Waals surface area (Å²) in [6, 6.07) is 0. The first kappa shape index (κ1) is 12.2. The highest BCUT2D eigenvalue weighted by molar-refractivity contribution is 5.98. The van der Waals surface area contributed by atoms with Crippen LogP contribution in [0.1, 0.15) is 47.0 Å². The number of amidine groups is 1. The molecular formula is C12H23N3. The monoisotopic (exact) mass is 209 g/mol. The molecule has 0 saturated carbocycles. The molecule has 0 aromatic rings. The fourth-order valence-electron chi connectivity index (χ4n) is 1.49. The Morgan fingerprint density at radius 3 is 2.67 bits per heavy atom. The normalized spacial score (nSPS) is 20.8. The highest BCUT2D eigenvalue weighted by atomic mass is 15.4. The van der Waals surface area contributed by atoms with Gasteiger partial charge in [0.1, 0.15) is 5.84 Å². The van der Waals surface area contributed by atoms with Crippen molar-refractivity contribution in [3.63, 3.8) is 0 Å². The first-order chi connectivity index (χ1) is 7.09. The van der Waals surface area contributed by atoms with Crippen molar-refractivity contribution in [1.82, 2.24) is 10.9 Å². The van der Waals surface area contributed by atoms with Crippen molar-refractivity contribution >= 4 is 5.84 Å². The van der Waals surface area contributed by atoms with Gasteiger partial charge in [-0.2, -0.15) is 0 Å². The molecule has 0 aromatic carbocycles. The third-order valence-corrected chi connectivity index (χ3v) is 2.52. The van der Waals surface area contributed by atoms with Crippen molar-refractivity contribution in [2.24, 2.45) is 4.99 Å². The average molecular weight is 209 g/mol. The molecule has 15 heavy (non-hydrogen) atoms. The van der Waals surface area contributed by atoms with Crippen LogP contribution in [0.4, 0.5) is 0 Å². The second-order valence-electron chi connectivity index (χ2n) is 4.67. The maximum Gasteiger partial charge on any atom is 0.138 e. The largest absolute Gasteiger partial charge is 0.305 e. The van der Waals surface area contributed by atoms with E-state index in [2.05, 4.69) is 49.6 Å². The van der Waals surface area contributed by atoms with Crippen molar-refractivity contribution in [2.45, 2.75) is 52.5 Å². The first-order valence-electron chi connectivity index (χ1n) is 5.86. The minimum atomic E-state index is 0.0626. The molecular weight excluding hydrogens is 186 g/mol. The van der Waals surface area contributed by atoms with E-state index in [1.807, 2.05) is 0 Å². The average Bonchev–Trinajstić information content (AvgIpc) is 2.21. The zero-order chi connectivity index (χ0) is 11.3. The van der Waals surface area contributed by atoms with Crippen LogP contribution >= 0.6 is 0 Å². The van der Waals surface area contributed by atoms with Crippen molar-refractivity contribution in [3.8, 4) is 0 Å². The van der Waals surface area contributed by atoms with Crippen molar-refractivity contribution in [1.29, 1.82) is 0 Å². The third-order valence-electron chi connectivity index (χ3n) is 2.52. The van der Waals surface area contributed by atoms with E-state index in [9.17, 15) is 0 Å². The molecule has 0 unspecified atom stereocenters. The highest BCUT2D eigenvalue weighted by Crippen LogP contribution is 2.11. The number of hydrazine groups is 1. The maximum atomic E-state index is 4.58. The Bertz CT molecular complexity index is 264. The van der Waals surface area contributed by atoms with Gasteiger partial charge in [0.25, 0.3) is 0 Å². The first-order valence-corrected chi connectivity index (χ1v) is 5.86. The van der Waals surface area contributed by atoms with Crippen LogP contribution in [0.5, 0.6) is 0 Å². The lowest BCUT2D eigenvalue weighted by Gasteiger charge is -2.31. The van der Waals surface area contributed by atoms with E-state index in [1.165, 1.54) is 12.0 Å². The summed E-state index contributed by atoms with van der Waals surface area (Å²) in [5, 5.41) is 0. The molecule has 1 heterocycles. The molecule has 2 N–H and O–H groups in total. The fraction of sp³-hybridized carbons (Fsp3) is 0.750. The molecule has 3 nitrogen and oxygen atoms in total. The molecule has 0 saturated heterocycles. The van der Waals surface area contributed by atoms with Crippen LogP contribution < -0.4 is 10.9 Å². The van der Waals surface area contributed by atoms with E-state index in [1.54, 1.807) is 0 Å². The van der Waals surface area contributed by atoms with Gasteiger partial charge >= 0.3 is 0 Å². The van der Waals surface area contributed by atoms with Gasteiger partial charge in [-0.05, 0) is 32.3 Å². The van der Waals surface area contributed by atoms with E-state index in [4.69, 9.17) is 0 Å². The number of allylic oxidation sites excluding steroid dienone is 1. The minimum Gasteiger partial charge on any atom is -0.305 e. The SMILES string of the molecule is CCC/C=C(/CC)C1=NCC(C)(C)NN1. The molecule has 0 aliphatic carbocycles. The Morgan fingerprint density at radius 2 is 2.20 bits per heavy atom. The summed E-state index contributed by atoms with van der Waals surface area (Å²) >= 11 is 0. The molecule has 0 bridgehead atoms. The second kappa shape index (κ2) is 5.31. The van der Waals surface area contributed by atoms with Crippen LogP contribution in [0, 0.1) is 0 Å². The zero-order valence-corrected chi connectivity index (χ0v) is 10.4. The van der Waals surface area contributed by atoms with Gasteiger partial charge in [0.05, 0.1) is 12.1 Å². The summed E-state index contributed by atoms with van der Waals surface area (Å²) in [4.78, 5) is 4.58. The van der Waals surface area contributed by atoms with E-state index in [0.717, 1.165) is 25.2 Å². The minimum absolute atomic E-state index is 0.0626. The quantitative estimate of drug-likeness (QED) is 0.746. The molecule has 0 fully saturated rings. The van der Waals surface area contributed by atoms with Gasteiger partial charge in [0, 0.05) is 0 Å². The summed E-state index contributed by atoms with van der Waals surface area (Å²) in [5.74, 6) is 1.02. The molecule has 0 spiro atoms. The summed E-state index contributed by atoms with van der Waals surface area (Å²) < 4.78 is 0. The smallest absolute Gasteiger partial charge is 0.138 e. The van der Waals surface area contributed by atoms with Crippen LogP contribution in [-0.2, 0) is 0 Å². The van der Waals surface area contributed by atoms with Crippen LogP contribution in [0.2, 0.25) is 0 Å². The molecule has 3 heteroatoms. The Kier molecular flexibility index (Phi) is 4.33. The van der Waals surface area contributed by atoms with Gasteiger partial charge in [-0.25, -0.2) is 5.43 Å². The summed E-state index contributed by atoms with van der Waals surface area (Å²) in [6.45, 7) is 9.48. The second-order valence-corrected chi connectivity index (χ2v) is 4.67. The van der Waals surface area contributed by atoms with E-state index in [0.29, 0.717) is 0 Å². The van der Waals surface area contributed by atoms with Gasteiger partial charge < -0.3 is 5.43 Å². The van der Waals surface area contributed by atoms with E-state index < -0.39 is 0 Å². The Hall–Kier alpha value is -0.830. The van der Waals surface area contributed by atoms with Crippen molar-refractivity contribution in [3.05, 3.63) is 11.6 Å². The van der Waals surface area contributed by atoms with Gasteiger partial charge in [-0.3, -0.25) is 4.99 Å². The Labute approximate surface area is 93.0 Å². The fourth-order valence-corrected chi connectivity index (χ4v) is 1.49. The lowest BCUT2D eigenvalue weighted by molar-refractivity contribution is 0.361. The molecule has 0 aromatic heterocycles. The summed E-state index contributed by atoms with van der Waals surface area (Å²) in [6.07, 6.45) is 5.64. The van der Waals surface area contributed by atoms with Gasteiger partial charge in [0.15, 0.2) is 0 Å². The lowest BCUT2D eigenvalue weighted by Crippen LogP contribution is -2.56. The number of nitrogens with zero attached hydrogens (tertiary/aromatic N) is 1. The topological polar surface area (TPSA) is 36.4 Å². The summed E-state index contributed by atoms with van der Waals surface area (Å²) in [5.41, 5.74) is 7.86. The lowest BCUT2D eigenvalue weighted by atomic mass is 10.1. The molecule has 0 amide bonds. The number of aliphatic imine (C=N–C) groups is 1. The van der Waals surface area contributed by atoms with Crippen molar-refractivity contribution < 1.29 is 0 Å². The molecule has 1 aliphatic rings. The summed E-state index contributed by atoms with van der Waals surface area (Å²) in [7, 11) is 0. The number of unbranched alkanes of at least 4 members (excludes halogenated alkanes) is 1. The van der Waals surface area contributed by atoms with Gasteiger partial charge in [-0.15, -0.1) is 0 Å². The number of nitrogens with one attached hydrogen (secondary N) is 2.